The first-order chi connectivity index (χ1) is 12.1. The zero-order chi connectivity index (χ0) is 17.6. The molecular weight excluding hydrogens is 334 g/mol. The minimum atomic E-state index is -0.102. The molecule has 1 heterocycles. The van der Waals surface area contributed by atoms with Crippen LogP contribution in [0.4, 0.5) is 0 Å². The number of aryl methyl sites for hydroxylation is 2. The van der Waals surface area contributed by atoms with Gasteiger partial charge in [0.15, 0.2) is 0 Å². The van der Waals surface area contributed by atoms with Crippen molar-refractivity contribution >= 4 is 17.6 Å². The first-order valence-electron chi connectivity index (χ1n) is 7.97. The molecule has 0 spiro atoms. The highest BCUT2D eigenvalue weighted by Gasteiger charge is 2.08. The fourth-order valence-electron chi connectivity index (χ4n) is 2.32. The lowest BCUT2D eigenvalue weighted by Gasteiger charge is -2.09. The molecule has 25 heavy (non-hydrogen) atoms. The van der Waals surface area contributed by atoms with Gasteiger partial charge in [-0.15, -0.1) is 0 Å². The third kappa shape index (κ3) is 4.42. The van der Waals surface area contributed by atoms with Gasteiger partial charge in [-0.3, -0.25) is 4.79 Å². The van der Waals surface area contributed by atoms with Crippen molar-refractivity contribution in [3.8, 4) is 5.75 Å². The van der Waals surface area contributed by atoms with Crippen LogP contribution in [0.5, 0.6) is 5.75 Å². The van der Waals surface area contributed by atoms with Crippen molar-refractivity contribution in [1.29, 1.82) is 0 Å². The Balaban J connectivity index is 1.55. The average molecular weight is 353 g/mol. The third-order valence-electron chi connectivity index (χ3n) is 3.94. The van der Waals surface area contributed by atoms with E-state index < -0.39 is 0 Å². The smallest absolute Gasteiger partial charge is 0.251 e. The molecule has 3 aromatic rings. The number of amides is 1. The molecule has 6 heteroatoms. The van der Waals surface area contributed by atoms with Crippen LogP contribution in [-0.2, 0) is 13.2 Å². The highest BCUT2D eigenvalue weighted by atomic mass is 32.1. The van der Waals surface area contributed by atoms with Gasteiger partial charge in [-0.2, -0.15) is 8.75 Å². The quantitative estimate of drug-likeness (QED) is 0.734. The predicted molar refractivity (Wildman–Crippen MR) is 97.8 cm³/mol. The lowest BCUT2D eigenvalue weighted by molar-refractivity contribution is 0.0951. The number of nitrogens with one attached hydrogen (secondary N) is 1. The number of rotatable bonds is 6. The SMILES string of the molecule is Cc1ccccc1CNC(=O)c1ccc(OCc2nsnc2C)cc1. The molecule has 0 saturated carbocycles. The number of carbonyl (C=O) groups is 1. The monoisotopic (exact) mass is 353 g/mol. The maximum atomic E-state index is 12.3. The van der Waals surface area contributed by atoms with Crippen molar-refractivity contribution in [2.75, 3.05) is 0 Å². The van der Waals surface area contributed by atoms with E-state index in [1.165, 1.54) is 17.3 Å². The van der Waals surface area contributed by atoms with Crippen LogP contribution >= 0.6 is 11.7 Å². The van der Waals surface area contributed by atoms with Gasteiger partial charge in [0.05, 0.1) is 17.4 Å². The van der Waals surface area contributed by atoms with Crippen LogP contribution in [0.3, 0.4) is 0 Å². The summed E-state index contributed by atoms with van der Waals surface area (Å²) in [6, 6.07) is 15.1. The van der Waals surface area contributed by atoms with E-state index in [0.29, 0.717) is 24.5 Å². The van der Waals surface area contributed by atoms with E-state index in [1.54, 1.807) is 24.3 Å². The molecule has 128 valence electrons. The Morgan fingerprint density at radius 3 is 2.52 bits per heavy atom. The Bertz CT molecular complexity index is 859. The molecule has 0 aliphatic carbocycles. The Morgan fingerprint density at radius 1 is 1.08 bits per heavy atom. The van der Waals surface area contributed by atoms with Gasteiger partial charge in [0.25, 0.3) is 5.91 Å². The maximum Gasteiger partial charge on any atom is 0.251 e. The van der Waals surface area contributed by atoms with E-state index in [1.807, 2.05) is 38.1 Å². The molecular formula is C19H19N3O2S. The van der Waals surface area contributed by atoms with Crippen LogP contribution in [-0.4, -0.2) is 14.7 Å². The Morgan fingerprint density at radius 2 is 1.84 bits per heavy atom. The number of benzene rings is 2. The first-order valence-corrected chi connectivity index (χ1v) is 8.70. The summed E-state index contributed by atoms with van der Waals surface area (Å²) in [5.41, 5.74) is 4.61. The van der Waals surface area contributed by atoms with Crippen molar-refractivity contribution in [1.82, 2.24) is 14.1 Å². The summed E-state index contributed by atoms with van der Waals surface area (Å²) in [7, 11) is 0. The fraction of sp³-hybridized carbons (Fsp3) is 0.211. The second kappa shape index (κ2) is 7.90. The summed E-state index contributed by atoms with van der Waals surface area (Å²) in [5, 5.41) is 2.94. The van der Waals surface area contributed by atoms with Gasteiger partial charge in [-0.05, 0) is 49.2 Å². The van der Waals surface area contributed by atoms with Crippen LogP contribution in [0.1, 0.15) is 32.9 Å². The Kier molecular flexibility index (Phi) is 5.40. The van der Waals surface area contributed by atoms with Crippen molar-refractivity contribution in [2.45, 2.75) is 27.0 Å². The van der Waals surface area contributed by atoms with Crippen LogP contribution in [0.2, 0.25) is 0 Å². The zero-order valence-electron chi connectivity index (χ0n) is 14.2. The molecule has 0 radical (unpaired) electrons. The van der Waals surface area contributed by atoms with E-state index in [4.69, 9.17) is 4.74 Å². The van der Waals surface area contributed by atoms with Crippen molar-refractivity contribution in [3.05, 3.63) is 76.6 Å². The molecule has 0 fully saturated rings. The number of ether oxygens (including phenoxy) is 1. The van der Waals surface area contributed by atoms with E-state index in [0.717, 1.165) is 17.0 Å². The van der Waals surface area contributed by atoms with Crippen LogP contribution in [0.15, 0.2) is 48.5 Å². The molecule has 0 aliphatic heterocycles. The summed E-state index contributed by atoms with van der Waals surface area (Å²) in [5.74, 6) is 0.595. The second-order valence-corrected chi connectivity index (χ2v) is 6.25. The van der Waals surface area contributed by atoms with E-state index >= 15 is 0 Å². The molecule has 0 aliphatic rings. The normalized spacial score (nSPS) is 10.5. The summed E-state index contributed by atoms with van der Waals surface area (Å²) >= 11 is 1.18. The maximum absolute atomic E-state index is 12.3. The topological polar surface area (TPSA) is 64.1 Å². The Hall–Kier alpha value is -2.73. The predicted octanol–water partition coefficient (Wildman–Crippen LogP) is 3.66. The molecule has 1 N–H and O–H groups in total. The fourth-order valence-corrected chi connectivity index (χ4v) is 2.87. The van der Waals surface area contributed by atoms with E-state index in [9.17, 15) is 4.79 Å². The van der Waals surface area contributed by atoms with Gasteiger partial charge in [0, 0.05) is 12.1 Å². The third-order valence-corrected chi connectivity index (χ3v) is 4.60. The minimum Gasteiger partial charge on any atom is -0.487 e. The number of carbonyl (C=O) groups excluding carboxylic acids is 1. The zero-order valence-corrected chi connectivity index (χ0v) is 15.0. The van der Waals surface area contributed by atoms with Gasteiger partial charge >= 0.3 is 0 Å². The van der Waals surface area contributed by atoms with Crippen LogP contribution < -0.4 is 10.1 Å². The molecule has 1 amide bonds. The van der Waals surface area contributed by atoms with Crippen LogP contribution in [0.25, 0.3) is 0 Å². The first kappa shape index (κ1) is 17.1. The van der Waals surface area contributed by atoms with Gasteiger partial charge in [-0.25, -0.2) is 0 Å². The molecule has 3 rings (SSSR count). The average Bonchev–Trinajstić information content (AvgIpc) is 3.04. The van der Waals surface area contributed by atoms with Gasteiger partial charge in [0.1, 0.15) is 18.1 Å². The van der Waals surface area contributed by atoms with E-state index in [2.05, 4.69) is 14.1 Å². The summed E-state index contributed by atoms with van der Waals surface area (Å²) in [4.78, 5) is 12.3. The molecule has 0 atom stereocenters. The molecule has 0 saturated heterocycles. The summed E-state index contributed by atoms with van der Waals surface area (Å²) in [6.07, 6.45) is 0. The minimum absolute atomic E-state index is 0.102. The molecule has 0 unspecified atom stereocenters. The molecule has 0 bridgehead atoms. The number of hydrogen-bond donors (Lipinski definition) is 1. The van der Waals surface area contributed by atoms with E-state index in [-0.39, 0.29) is 5.91 Å². The standard InChI is InChI=1S/C19H19N3O2S/c1-13-5-3-4-6-16(13)11-20-19(23)15-7-9-17(10-8-15)24-12-18-14(2)21-25-22-18/h3-10H,11-12H2,1-2H3,(H,20,23). The second-order valence-electron chi connectivity index (χ2n) is 5.72. The van der Waals surface area contributed by atoms with Crippen molar-refractivity contribution in [3.63, 3.8) is 0 Å². The highest BCUT2D eigenvalue weighted by Crippen LogP contribution is 2.15. The highest BCUT2D eigenvalue weighted by molar-refractivity contribution is 6.99. The van der Waals surface area contributed by atoms with Crippen LogP contribution in [0, 0.1) is 13.8 Å². The lowest BCUT2D eigenvalue weighted by atomic mass is 10.1. The molecule has 5 nitrogen and oxygen atoms in total. The number of hydrogen-bond acceptors (Lipinski definition) is 5. The number of nitrogens with zero attached hydrogens (tertiary/aromatic N) is 2. The number of aromatic nitrogens is 2. The largest absolute Gasteiger partial charge is 0.487 e. The Labute approximate surface area is 151 Å². The lowest BCUT2D eigenvalue weighted by Crippen LogP contribution is -2.23. The van der Waals surface area contributed by atoms with Gasteiger partial charge in [0.2, 0.25) is 0 Å². The van der Waals surface area contributed by atoms with Crippen molar-refractivity contribution < 1.29 is 9.53 Å². The molecule has 1 aromatic heterocycles. The molecule has 2 aromatic carbocycles. The van der Waals surface area contributed by atoms with Gasteiger partial charge in [-0.1, -0.05) is 24.3 Å². The summed E-state index contributed by atoms with van der Waals surface area (Å²) in [6.45, 7) is 4.83. The van der Waals surface area contributed by atoms with Gasteiger partial charge < -0.3 is 10.1 Å². The van der Waals surface area contributed by atoms with Crippen molar-refractivity contribution in [2.24, 2.45) is 0 Å². The summed E-state index contributed by atoms with van der Waals surface area (Å²) < 4.78 is 14.0.